The molecule has 1 saturated carbocycles. The molecule has 4 aliphatic rings. The highest BCUT2D eigenvalue weighted by molar-refractivity contribution is 5.69. The van der Waals surface area contributed by atoms with Gasteiger partial charge in [0.15, 0.2) is 6.23 Å². The molecule has 0 N–H and O–H groups in total. The van der Waals surface area contributed by atoms with Gasteiger partial charge in [0.2, 0.25) is 0 Å². The van der Waals surface area contributed by atoms with Crippen LogP contribution < -0.4 is 0 Å². The number of amides is 1. The van der Waals surface area contributed by atoms with Gasteiger partial charge in [0, 0.05) is 71.4 Å². The molecule has 1 aliphatic carbocycles. The normalized spacial score (nSPS) is 29.4. The van der Waals surface area contributed by atoms with Crippen LogP contribution in [0.3, 0.4) is 0 Å². The summed E-state index contributed by atoms with van der Waals surface area (Å²) < 4.78 is 10.4. The fraction of sp³-hybridized carbons (Fsp3) is 0.909. The summed E-state index contributed by atoms with van der Waals surface area (Å²) in [6.07, 6.45) is 4.78. The molecule has 4 rings (SSSR count). The first-order valence-corrected chi connectivity index (χ1v) is 12.0. The number of ether oxygens (including phenoxy) is 2. The Hall–Kier alpha value is -1.42. The van der Waals surface area contributed by atoms with E-state index < -0.39 is 0 Å². The number of hydrogen-bond acceptors (Lipinski definition) is 8. The van der Waals surface area contributed by atoms with Crippen LogP contribution in [-0.4, -0.2) is 134 Å². The van der Waals surface area contributed by atoms with Crippen molar-refractivity contribution in [2.24, 2.45) is 0 Å². The van der Waals surface area contributed by atoms with Gasteiger partial charge in [0.05, 0.1) is 13.7 Å². The van der Waals surface area contributed by atoms with E-state index in [9.17, 15) is 9.59 Å². The third-order valence-corrected chi connectivity index (χ3v) is 7.29. The standard InChI is InChI=1S/C22H39N5O4/c1-23-17-20(31-22(23)29)27-15-12-25(8-3-4-21(28)30-2)16-19(27)7-9-24-10-13-26(14-11-24)18-5-6-18/h18-20H,3-17H2,1-2H3. The number of carbonyl (C=O) groups excluding carboxylic acids is 2. The van der Waals surface area contributed by atoms with Crippen molar-refractivity contribution < 1.29 is 19.1 Å². The smallest absolute Gasteiger partial charge is 0.411 e. The summed E-state index contributed by atoms with van der Waals surface area (Å²) in [6, 6.07) is 1.22. The number of cyclic esters (lactones) is 1. The largest absolute Gasteiger partial charge is 0.469 e. The van der Waals surface area contributed by atoms with Crippen LogP contribution in [-0.2, 0) is 14.3 Å². The first-order chi connectivity index (χ1) is 15.0. The Bertz CT molecular complexity index is 623. The van der Waals surface area contributed by atoms with Crippen molar-refractivity contribution in [1.29, 1.82) is 0 Å². The second-order valence-electron chi connectivity index (χ2n) is 9.49. The van der Waals surface area contributed by atoms with Gasteiger partial charge in [-0.3, -0.25) is 14.6 Å². The zero-order valence-electron chi connectivity index (χ0n) is 19.2. The second kappa shape index (κ2) is 10.5. The molecule has 1 amide bonds. The molecule has 3 aliphatic heterocycles. The van der Waals surface area contributed by atoms with Crippen molar-refractivity contribution in [2.75, 3.05) is 79.6 Å². The maximum absolute atomic E-state index is 11.9. The number of esters is 1. The predicted molar refractivity (Wildman–Crippen MR) is 117 cm³/mol. The van der Waals surface area contributed by atoms with E-state index in [1.165, 1.54) is 33.0 Å². The summed E-state index contributed by atoms with van der Waals surface area (Å²) in [5, 5.41) is 0. The maximum Gasteiger partial charge on any atom is 0.411 e. The Morgan fingerprint density at radius 2 is 1.77 bits per heavy atom. The summed E-state index contributed by atoms with van der Waals surface area (Å²) in [7, 11) is 3.25. The van der Waals surface area contributed by atoms with Gasteiger partial charge >= 0.3 is 12.1 Å². The lowest BCUT2D eigenvalue weighted by atomic mass is 10.1. The van der Waals surface area contributed by atoms with E-state index in [2.05, 4.69) is 19.6 Å². The molecular formula is C22H39N5O4. The van der Waals surface area contributed by atoms with Crippen LogP contribution in [0.15, 0.2) is 0 Å². The van der Waals surface area contributed by atoms with Gasteiger partial charge < -0.3 is 24.2 Å². The van der Waals surface area contributed by atoms with Crippen LogP contribution in [0.5, 0.6) is 0 Å². The Kier molecular flexibility index (Phi) is 7.68. The Morgan fingerprint density at radius 3 is 2.42 bits per heavy atom. The fourth-order valence-corrected chi connectivity index (χ4v) is 5.17. The van der Waals surface area contributed by atoms with E-state index >= 15 is 0 Å². The van der Waals surface area contributed by atoms with Gasteiger partial charge in [-0.15, -0.1) is 0 Å². The number of nitrogens with zero attached hydrogens (tertiary/aromatic N) is 5. The van der Waals surface area contributed by atoms with Crippen LogP contribution in [0.4, 0.5) is 4.79 Å². The van der Waals surface area contributed by atoms with Gasteiger partial charge in [-0.1, -0.05) is 0 Å². The molecule has 3 saturated heterocycles. The topological polar surface area (TPSA) is 68.8 Å². The molecule has 176 valence electrons. The van der Waals surface area contributed by atoms with E-state index in [1.807, 2.05) is 0 Å². The highest BCUT2D eigenvalue weighted by Gasteiger charge is 2.39. The molecule has 31 heavy (non-hydrogen) atoms. The molecule has 0 aromatic carbocycles. The van der Waals surface area contributed by atoms with Crippen molar-refractivity contribution in [1.82, 2.24) is 24.5 Å². The summed E-state index contributed by atoms with van der Waals surface area (Å²) in [4.78, 5) is 35.2. The van der Waals surface area contributed by atoms with Gasteiger partial charge in [0.1, 0.15) is 0 Å². The molecule has 3 heterocycles. The molecule has 0 bridgehead atoms. The van der Waals surface area contributed by atoms with Crippen LogP contribution >= 0.6 is 0 Å². The maximum atomic E-state index is 11.9. The highest BCUT2D eigenvalue weighted by Crippen LogP contribution is 2.28. The van der Waals surface area contributed by atoms with Gasteiger partial charge in [-0.05, 0) is 38.8 Å². The van der Waals surface area contributed by atoms with Gasteiger partial charge in [-0.2, -0.15) is 0 Å². The number of hydrogen-bond donors (Lipinski definition) is 0. The minimum Gasteiger partial charge on any atom is -0.469 e. The van der Waals surface area contributed by atoms with E-state index in [0.717, 1.165) is 64.7 Å². The Labute approximate surface area is 186 Å². The zero-order valence-corrected chi connectivity index (χ0v) is 19.2. The molecule has 0 spiro atoms. The molecular weight excluding hydrogens is 398 g/mol. The lowest BCUT2D eigenvalue weighted by molar-refractivity contribution is -0.140. The quantitative estimate of drug-likeness (QED) is 0.483. The van der Waals surface area contributed by atoms with E-state index in [-0.39, 0.29) is 18.3 Å². The van der Waals surface area contributed by atoms with Crippen molar-refractivity contribution >= 4 is 12.1 Å². The minimum absolute atomic E-state index is 0.138. The van der Waals surface area contributed by atoms with Crippen molar-refractivity contribution in [2.45, 2.75) is 50.4 Å². The second-order valence-corrected chi connectivity index (χ2v) is 9.49. The van der Waals surface area contributed by atoms with Crippen LogP contribution in [0.25, 0.3) is 0 Å². The summed E-state index contributed by atoms with van der Waals surface area (Å²) >= 11 is 0. The van der Waals surface area contributed by atoms with Crippen molar-refractivity contribution in [3.05, 3.63) is 0 Å². The first-order valence-electron chi connectivity index (χ1n) is 12.0. The van der Waals surface area contributed by atoms with E-state index in [0.29, 0.717) is 19.0 Å². The monoisotopic (exact) mass is 437 g/mol. The average Bonchev–Trinajstić information content (AvgIpc) is 3.57. The molecule has 0 radical (unpaired) electrons. The van der Waals surface area contributed by atoms with Crippen molar-refractivity contribution in [3.8, 4) is 0 Å². The Morgan fingerprint density at radius 1 is 1.03 bits per heavy atom. The van der Waals surface area contributed by atoms with Crippen LogP contribution in [0, 0.1) is 0 Å². The highest BCUT2D eigenvalue weighted by atomic mass is 16.6. The predicted octanol–water partition coefficient (Wildman–Crippen LogP) is 0.504. The molecule has 0 aromatic heterocycles. The van der Waals surface area contributed by atoms with Crippen molar-refractivity contribution in [3.63, 3.8) is 0 Å². The summed E-state index contributed by atoms with van der Waals surface area (Å²) in [5.41, 5.74) is 0. The molecule has 0 aromatic rings. The number of rotatable bonds is 9. The van der Waals surface area contributed by atoms with E-state index in [1.54, 1.807) is 11.9 Å². The van der Waals surface area contributed by atoms with E-state index in [4.69, 9.17) is 9.47 Å². The molecule has 4 fully saturated rings. The van der Waals surface area contributed by atoms with Crippen LogP contribution in [0.2, 0.25) is 0 Å². The van der Waals surface area contributed by atoms with Gasteiger partial charge in [0.25, 0.3) is 0 Å². The average molecular weight is 438 g/mol. The number of carbonyl (C=O) groups is 2. The summed E-state index contributed by atoms with van der Waals surface area (Å²) in [5.74, 6) is -0.138. The zero-order chi connectivity index (χ0) is 21.8. The molecule has 2 atom stereocenters. The molecule has 2 unspecified atom stereocenters. The van der Waals surface area contributed by atoms with Gasteiger partial charge in [-0.25, -0.2) is 4.79 Å². The lowest BCUT2D eigenvalue weighted by Crippen LogP contribution is -2.58. The Balaban J connectivity index is 1.29. The number of piperazine rings is 2. The fourth-order valence-electron chi connectivity index (χ4n) is 5.17. The number of methoxy groups -OCH3 is 1. The third-order valence-electron chi connectivity index (χ3n) is 7.29. The molecule has 9 heteroatoms. The third kappa shape index (κ3) is 6.09. The lowest BCUT2D eigenvalue weighted by Gasteiger charge is -2.44. The first kappa shape index (κ1) is 22.8. The molecule has 9 nitrogen and oxygen atoms in total. The van der Waals surface area contributed by atoms with Crippen LogP contribution in [0.1, 0.15) is 32.1 Å². The minimum atomic E-state index is -0.222. The number of likely N-dealkylation sites (N-methyl/N-ethyl adjacent to an activating group) is 1. The SMILES string of the molecule is COC(=O)CCCN1CCN(C2CN(C)C(=O)O2)C(CCN2CCN(C3CC3)CC2)C1. The summed E-state index contributed by atoms with van der Waals surface area (Å²) in [6.45, 7) is 10.1.